The van der Waals surface area contributed by atoms with Crippen LogP contribution in [0.1, 0.15) is 5.56 Å². The summed E-state index contributed by atoms with van der Waals surface area (Å²) >= 11 is 10.9. The van der Waals surface area contributed by atoms with E-state index in [1.807, 2.05) is 0 Å². The van der Waals surface area contributed by atoms with Crippen LogP contribution in [0, 0.1) is 0 Å². The van der Waals surface area contributed by atoms with Gasteiger partial charge in [0.1, 0.15) is 4.99 Å². The minimum Gasteiger partial charge on any atom is -0.389 e. The molecule has 0 heterocycles. The number of benzene rings is 2. The van der Waals surface area contributed by atoms with Crippen LogP contribution in [0.2, 0.25) is 5.02 Å². The van der Waals surface area contributed by atoms with E-state index in [4.69, 9.17) is 34.7 Å². The molecule has 0 aromatic heterocycles. The second kappa shape index (κ2) is 5.98. The van der Waals surface area contributed by atoms with E-state index in [1.165, 1.54) is 12.1 Å². The summed E-state index contributed by atoms with van der Waals surface area (Å²) in [5.74, 6) is 0. The van der Waals surface area contributed by atoms with Crippen molar-refractivity contribution < 1.29 is 8.42 Å². The molecular weight excluding hydrogens is 330 g/mol. The second-order valence-corrected chi connectivity index (χ2v) is 6.69. The third-order valence-electron chi connectivity index (χ3n) is 2.71. The molecule has 0 saturated carbocycles. The Morgan fingerprint density at radius 1 is 1.14 bits per heavy atom. The van der Waals surface area contributed by atoms with Crippen LogP contribution in [0.5, 0.6) is 0 Å². The molecule has 21 heavy (non-hydrogen) atoms. The van der Waals surface area contributed by atoms with Crippen LogP contribution in [0.4, 0.5) is 11.4 Å². The van der Waals surface area contributed by atoms with Gasteiger partial charge in [0, 0.05) is 22.0 Å². The van der Waals surface area contributed by atoms with Gasteiger partial charge in [0.15, 0.2) is 0 Å². The number of anilines is 2. The summed E-state index contributed by atoms with van der Waals surface area (Å²) in [6.07, 6.45) is 0. The highest BCUT2D eigenvalue weighted by atomic mass is 35.5. The summed E-state index contributed by atoms with van der Waals surface area (Å²) < 4.78 is 22.4. The molecule has 5 N–H and O–H groups in total. The molecule has 5 nitrogen and oxygen atoms in total. The molecule has 8 heteroatoms. The van der Waals surface area contributed by atoms with Crippen molar-refractivity contribution >= 4 is 50.2 Å². The first kappa shape index (κ1) is 15.7. The van der Waals surface area contributed by atoms with Crippen molar-refractivity contribution in [2.45, 2.75) is 4.90 Å². The van der Waals surface area contributed by atoms with Crippen LogP contribution in [0.3, 0.4) is 0 Å². The predicted molar refractivity (Wildman–Crippen MR) is 88.4 cm³/mol. The van der Waals surface area contributed by atoms with E-state index in [9.17, 15) is 8.42 Å². The molecule has 110 valence electrons. The number of rotatable bonds is 4. The van der Waals surface area contributed by atoms with Crippen LogP contribution in [-0.4, -0.2) is 13.4 Å². The maximum absolute atomic E-state index is 11.2. The number of primary sulfonamides is 1. The van der Waals surface area contributed by atoms with E-state index in [2.05, 4.69) is 5.32 Å². The zero-order chi connectivity index (χ0) is 15.6. The summed E-state index contributed by atoms with van der Waals surface area (Å²) in [5, 5.41) is 8.66. The number of hydrogen-bond acceptors (Lipinski definition) is 4. The van der Waals surface area contributed by atoms with Crippen LogP contribution < -0.4 is 16.2 Å². The number of nitrogens with two attached hydrogens (primary N) is 2. The molecule has 0 aliphatic heterocycles. The first-order valence-electron chi connectivity index (χ1n) is 5.76. The van der Waals surface area contributed by atoms with Crippen LogP contribution in [-0.2, 0) is 10.0 Å². The third kappa shape index (κ3) is 3.92. The predicted octanol–water partition coefficient (Wildman–Crippen LogP) is 2.37. The van der Waals surface area contributed by atoms with E-state index in [0.29, 0.717) is 22.0 Å². The maximum atomic E-state index is 11.2. The Balaban J connectivity index is 2.33. The molecule has 2 aromatic rings. The Labute approximate surface area is 133 Å². The van der Waals surface area contributed by atoms with Crippen molar-refractivity contribution in [3.05, 3.63) is 53.1 Å². The fourth-order valence-electron chi connectivity index (χ4n) is 1.71. The van der Waals surface area contributed by atoms with E-state index in [-0.39, 0.29) is 9.88 Å². The van der Waals surface area contributed by atoms with Gasteiger partial charge in [-0.05, 0) is 42.5 Å². The molecule has 0 amide bonds. The van der Waals surface area contributed by atoms with Crippen molar-refractivity contribution in [3.63, 3.8) is 0 Å². The number of sulfonamides is 1. The second-order valence-electron chi connectivity index (χ2n) is 4.25. The average Bonchev–Trinajstić information content (AvgIpc) is 2.40. The molecule has 0 aliphatic rings. The van der Waals surface area contributed by atoms with Gasteiger partial charge < -0.3 is 11.1 Å². The lowest BCUT2D eigenvalue weighted by molar-refractivity contribution is 0.598. The van der Waals surface area contributed by atoms with Crippen LogP contribution in [0.15, 0.2) is 47.4 Å². The SMILES string of the molecule is NC(=S)c1cc(Cl)ccc1Nc1ccc(S(N)(=O)=O)cc1. The zero-order valence-corrected chi connectivity index (χ0v) is 13.1. The molecule has 0 aliphatic carbocycles. The Morgan fingerprint density at radius 3 is 2.29 bits per heavy atom. The standard InChI is InChI=1S/C13H12ClN3O2S2/c14-8-1-6-12(11(7-8)13(15)20)17-9-2-4-10(5-3-9)21(16,18)19/h1-7,17H,(H2,15,20)(H2,16,18,19). The highest BCUT2D eigenvalue weighted by molar-refractivity contribution is 7.89. The fourth-order valence-corrected chi connectivity index (χ4v) is 2.57. The van der Waals surface area contributed by atoms with E-state index in [1.54, 1.807) is 30.3 Å². The van der Waals surface area contributed by atoms with Gasteiger partial charge in [0.05, 0.1) is 4.90 Å². The number of halogens is 1. The Kier molecular flexibility index (Phi) is 4.48. The molecule has 0 atom stereocenters. The Morgan fingerprint density at radius 2 is 1.76 bits per heavy atom. The smallest absolute Gasteiger partial charge is 0.238 e. The molecular formula is C13H12ClN3O2S2. The van der Waals surface area contributed by atoms with Crippen LogP contribution >= 0.6 is 23.8 Å². The van der Waals surface area contributed by atoms with Gasteiger partial charge in [0.25, 0.3) is 0 Å². The average molecular weight is 342 g/mol. The lowest BCUT2D eigenvalue weighted by atomic mass is 10.1. The summed E-state index contributed by atoms with van der Waals surface area (Å²) in [6, 6.07) is 11.1. The van der Waals surface area contributed by atoms with Crippen molar-refractivity contribution in [1.82, 2.24) is 0 Å². The van der Waals surface area contributed by atoms with Gasteiger partial charge in [0.2, 0.25) is 10.0 Å². The van der Waals surface area contributed by atoms with E-state index in [0.717, 1.165) is 0 Å². The number of hydrogen-bond donors (Lipinski definition) is 3. The lowest BCUT2D eigenvalue weighted by Crippen LogP contribution is -2.12. The molecule has 2 rings (SSSR count). The Hall–Kier alpha value is -1.67. The van der Waals surface area contributed by atoms with Crippen molar-refractivity contribution in [2.24, 2.45) is 10.9 Å². The summed E-state index contributed by atoms with van der Waals surface area (Å²) in [4.78, 5) is 0.250. The van der Waals surface area contributed by atoms with Gasteiger partial charge in [-0.15, -0.1) is 0 Å². The first-order chi connectivity index (χ1) is 9.77. The quantitative estimate of drug-likeness (QED) is 0.741. The van der Waals surface area contributed by atoms with Crippen LogP contribution in [0.25, 0.3) is 0 Å². The molecule has 0 unspecified atom stereocenters. The highest BCUT2D eigenvalue weighted by Crippen LogP contribution is 2.25. The van der Waals surface area contributed by atoms with Gasteiger partial charge in [-0.3, -0.25) is 0 Å². The molecule has 0 fully saturated rings. The fraction of sp³-hybridized carbons (Fsp3) is 0. The van der Waals surface area contributed by atoms with Crippen molar-refractivity contribution in [1.29, 1.82) is 0 Å². The largest absolute Gasteiger partial charge is 0.389 e. The number of thiocarbonyl (C=S) groups is 1. The molecule has 0 radical (unpaired) electrons. The minimum atomic E-state index is -3.71. The maximum Gasteiger partial charge on any atom is 0.238 e. The number of nitrogens with one attached hydrogen (secondary N) is 1. The third-order valence-corrected chi connectivity index (χ3v) is 4.09. The minimum absolute atomic E-state index is 0.0405. The lowest BCUT2D eigenvalue weighted by Gasteiger charge is -2.12. The summed E-state index contributed by atoms with van der Waals surface area (Å²) in [7, 11) is -3.71. The van der Waals surface area contributed by atoms with E-state index >= 15 is 0 Å². The van der Waals surface area contributed by atoms with Gasteiger partial charge in [-0.1, -0.05) is 23.8 Å². The summed E-state index contributed by atoms with van der Waals surface area (Å²) in [6.45, 7) is 0. The molecule has 0 bridgehead atoms. The summed E-state index contributed by atoms with van der Waals surface area (Å²) in [5.41, 5.74) is 7.60. The normalized spacial score (nSPS) is 11.1. The van der Waals surface area contributed by atoms with Crippen molar-refractivity contribution in [3.8, 4) is 0 Å². The van der Waals surface area contributed by atoms with Crippen molar-refractivity contribution in [2.75, 3.05) is 5.32 Å². The highest BCUT2D eigenvalue weighted by Gasteiger charge is 2.09. The Bertz CT molecular complexity index is 790. The van der Waals surface area contributed by atoms with Gasteiger partial charge in [-0.25, -0.2) is 13.6 Å². The molecule has 2 aromatic carbocycles. The first-order valence-corrected chi connectivity index (χ1v) is 8.10. The van der Waals surface area contributed by atoms with Gasteiger partial charge >= 0.3 is 0 Å². The van der Waals surface area contributed by atoms with E-state index < -0.39 is 10.0 Å². The topological polar surface area (TPSA) is 98.2 Å². The zero-order valence-electron chi connectivity index (χ0n) is 10.7. The molecule has 0 spiro atoms. The monoisotopic (exact) mass is 341 g/mol. The van der Waals surface area contributed by atoms with Gasteiger partial charge in [-0.2, -0.15) is 0 Å². The molecule has 0 saturated heterocycles.